The third kappa shape index (κ3) is 7.28. The lowest BCUT2D eigenvalue weighted by Crippen LogP contribution is -2.38. The number of carbonyl (C=O) groups excluding carboxylic acids is 2. The molecule has 0 bridgehead atoms. The molecule has 0 saturated carbocycles. The predicted molar refractivity (Wildman–Crippen MR) is 78.9 cm³/mol. The van der Waals surface area contributed by atoms with E-state index in [0.29, 0.717) is 11.4 Å². The topological polar surface area (TPSA) is 105 Å². The summed E-state index contributed by atoms with van der Waals surface area (Å²) in [4.78, 5) is 23.2. The fourth-order valence-electron chi connectivity index (χ4n) is 1.77. The van der Waals surface area contributed by atoms with Crippen molar-refractivity contribution in [3.8, 4) is 5.75 Å². The van der Waals surface area contributed by atoms with Gasteiger partial charge in [-0.2, -0.15) is 0 Å². The Hall–Kier alpha value is -2.12. The molecule has 1 aromatic rings. The number of aliphatic hydroxyl groups is 1. The fourth-order valence-corrected chi connectivity index (χ4v) is 1.77. The highest BCUT2D eigenvalue weighted by Gasteiger charge is 2.10. The number of benzene rings is 1. The number of anilines is 1. The Morgan fingerprint density at radius 2 is 2.00 bits per heavy atom. The molecule has 0 spiro atoms. The van der Waals surface area contributed by atoms with Gasteiger partial charge in [-0.25, -0.2) is 0 Å². The summed E-state index contributed by atoms with van der Waals surface area (Å²) in [6, 6.07) is 6.82. The van der Waals surface area contributed by atoms with Crippen molar-refractivity contribution in [2.75, 3.05) is 32.1 Å². The molecule has 0 aliphatic heterocycles. The van der Waals surface area contributed by atoms with E-state index in [9.17, 15) is 14.7 Å². The number of hydrogen-bond donors (Lipinski definition) is 3. The minimum Gasteiger partial charge on any atom is -0.491 e. The molecule has 0 aliphatic rings. The molecule has 116 valence electrons. The van der Waals surface area contributed by atoms with Gasteiger partial charge in [-0.3, -0.25) is 14.5 Å². The van der Waals surface area contributed by atoms with Gasteiger partial charge in [0.25, 0.3) is 0 Å². The van der Waals surface area contributed by atoms with E-state index < -0.39 is 12.0 Å². The standard InChI is InChI=1S/C14H21N3O4/c1-10(18)16-11-3-5-13(6-4-11)21-9-12(19)7-17(2)8-14(15)20/h3-6,12,19H,7-9H2,1-2H3,(H2,15,20)(H,16,18). The van der Waals surface area contributed by atoms with Gasteiger partial charge in [-0.05, 0) is 31.3 Å². The molecular formula is C14H21N3O4. The number of rotatable bonds is 8. The molecule has 0 radical (unpaired) electrons. The molecule has 1 unspecified atom stereocenters. The molecule has 7 nitrogen and oxygen atoms in total. The van der Waals surface area contributed by atoms with Crippen LogP contribution in [0.25, 0.3) is 0 Å². The first-order valence-electron chi connectivity index (χ1n) is 6.52. The quantitative estimate of drug-likeness (QED) is 0.616. The summed E-state index contributed by atoms with van der Waals surface area (Å²) in [6.07, 6.45) is -0.732. The summed E-state index contributed by atoms with van der Waals surface area (Å²) in [5.74, 6) is -0.00327. The zero-order valence-electron chi connectivity index (χ0n) is 12.2. The van der Waals surface area contributed by atoms with Gasteiger partial charge >= 0.3 is 0 Å². The fraction of sp³-hybridized carbons (Fsp3) is 0.429. The second-order valence-electron chi connectivity index (χ2n) is 4.83. The Labute approximate surface area is 123 Å². The van der Waals surface area contributed by atoms with Gasteiger partial charge in [0.1, 0.15) is 18.5 Å². The number of likely N-dealkylation sites (N-methyl/N-ethyl adjacent to an activating group) is 1. The van der Waals surface area contributed by atoms with Crippen molar-refractivity contribution in [1.29, 1.82) is 0 Å². The first kappa shape index (κ1) is 16.9. The molecule has 1 rings (SSSR count). The maximum Gasteiger partial charge on any atom is 0.231 e. The number of nitrogens with one attached hydrogen (secondary N) is 1. The van der Waals surface area contributed by atoms with E-state index in [2.05, 4.69) is 5.32 Å². The van der Waals surface area contributed by atoms with Gasteiger partial charge in [-0.15, -0.1) is 0 Å². The number of primary amides is 1. The lowest BCUT2D eigenvalue weighted by molar-refractivity contribution is -0.119. The molecule has 0 heterocycles. The van der Waals surface area contributed by atoms with Crippen LogP contribution < -0.4 is 15.8 Å². The van der Waals surface area contributed by atoms with Crippen molar-refractivity contribution in [1.82, 2.24) is 4.90 Å². The summed E-state index contributed by atoms with van der Waals surface area (Å²) in [5.41, 5.74) is 5.74. The maximum absolute atomic E-state index is 10.9. The van der Waals surface area contributed by atoms with Crippen LogP contribution in [0.5, 0.6) is 5.75 Å². The van der Waals surface area contributed by atoms with Crippen LogP contribution in [0.15, 0.2) is 24.3 Å². The van der Waals surface area contributed by atoms with Crippen molar-refractivity contribution < 1.29 is 19.4 Å². The van der Waals surface area contributed by atoms with Gasteiger partial charge < -0.3 is 20.9 Å². The Morgan fingerprint density at radius 3 is 2.52 bits per heavy atom. The van der Waals surface area contributed by atoms with Gasteiger partial charge in [-0.1, -0.05) is 0 Å². The van der Waals surface area contributed by atoms with E-state index in [0.717, 1.165) is 0 Å². The van der Waals surface area contributed by atoms with Gasteiger partial charge in [0, 0.05) is 19.2 Å². The van der Waals surface area contributed by atoms with E-state index in [4.69, 9.17) is 10.5 Å². The zero-order chi connectivity index (χ0) is 15.8. The van der Waals surface area contributed by atoms with Crippen molar-refractivity contribution in [3.63, 3.8) is 0 Å². The molecule has 0 aliphatic carbocycles. The Morgan fingerprint density at radius 1 is 1.38 bits per heavy atom. The van der Waals surface area contributed by atoms with E-state index in [1.807, 2.05) is 0 Å². The smallest absolute Gasteiger partial charge is 0.231 e. The average Bonchev–Trinajstić information content (AvgIpc) is 2.36. The highest BCUT2D eigenvalue weighted by atomic mass is 16.5. The number of ether oxygens (including phenoxy) is 1. The molecule has 1 aromatic carbocycles. The third-order valence-electron chi connectivity index (χ3n) is 2.57. The lowest BCUT2D eigenvalue weighted by atomic mass is 10.3. The van der Waals surface area contributed by atoms with Crippen molar-refractivity contribution in [2.24, 2.45) is 5.73 Å². The largest absolute Gasteiger partial charge is 0.491 e. The van der Waals surface area contributed by atoms with Gasteiger partial charge in [0.05, 0.1) is 6.54 Å². The highest BCUT2D eigenvalue weighted by Crippen LogP contribution is 2.15. The highest BCUT2D eigenvalue weighted by molar-refractivity contribution is 5.88. The monoisotopic (exact) mass is 295 g/mol. The summed E-state index contributed by atoms with van der Waals surface area (Å²) in [6.45, 7) is 1.90. The van der Waals surface area contributed by atoms with Crippen molar-refractivity contribution >= 4 is 17.5 Å². The molecule has 7 heteroatoms. The van der Waals surface area contributed by atoms with Crippen LogP contribution in [0.2, 0.25) is 0 Å². The summed E-state index contributed by atoms with van der Waals surface area (Å²) in [7, 11) is 1.69. The lowest BCUT2D eigenvalue weighted by Gasteiger charge is -2.19. The zero-order valence-corrected chi connectivity index (χ0v) is 12.2. The predicted octanol–water partition coefficient (Wildman–Crippen LogP) is -0.198. The van der Waals surface area contributed by atoms with Crippen LogP contribution >= 0.6 is 0 Å². The van der Waals surface area contributed by atoms with E-state index in [-0.39, 0.29) is 25.6 Å². The molecule has 0 saturated heterocycles. The number of hydrogen-bond acceptors (Lipinski definition) is 5. The number of amides is 2. The minimum absolute atomic E-state index is 0.0858. The number of carbonyl (C=O) groups is 2. The summed E-state index contributed by atoms with van der Waals surface area (Å²) < 4.78 is 5.43. The minimum atomic E-state index is -0.732. The first-order chi connectivity index (χ1) is 9.86. The molecule has 0 aromatic heterocycles. The Bertz CT molecular complexity index is 476. The van der Waals surface area contributed by atoms with E-state index >= 15 is 0 Å². The average molecular weight is 295 g/mol. The van der Waals surface area contributed by atoms with E-state index in [1.54, 1.807) is 36.2 Å². The Balaban J connectivity index is 2.37. The molecule has 21 heavy (non-hydrogen) atoms. The molecule has 1 atom stereocenters. The normalized spacial score (nSPS) is 12.0. The van der Waals surface area contributed by atoms with Crippen LogP contribution in [0.4, 0.5) is 5.69 Å². The van der Waals surface area contributed by atoms with Crippen LogP contribution in [-0.2, 0) is 9.59 Å². The Kier molecular flexibility index (Phi) is 6.64. The third-order valence-corrected chi connectivity index (χ3v) is 2.57. The molecule has 2 amide bonds. The number of aliphatic hydroxyl groups excluding tert-OH is 1. The van der Waals surface area contributed by atoms with Gasteiger partial charge in [0.15, 0.2) is 0 Å². The second kappa shape index (κ2) is 8.23. The number of nitrogens with zero attached hydrogens (tertiary/aromatic N) is 1. The summed E-state index contributed by atoms with van der Waals surface area (Å²) >= 11 is 0. The second-order valence-corrected chi connectivity index (χ2v) is 4.83. The molecular weight excluding hydrogens is 274 g/mol. The van der Waals surface area contributed by atoms with Gasteiger partial charge in [0.2, 0.25) is 11.8 Å². The van der Waals surface area contributed by atoms with Crippen LogP contribution in [-0.4, -0.2) is 54.7 Å². The maximum atomic E-state index is 10.9. The van der Waals surface area contributed by atoms with E-state index in [1.165, 1.54) is 6.92 Å². The molecule has 0 fully saturated rings. The van der Waals surface area contributed by atoms with Crippen LogP contribution in [0, 0.1) is 0 Å². The van der Waals surface area contributed by atoms with Crippen LogP contribution in [0.3, 0.4) is 0 Å². The van der Waals surface area contributed by atoms with Crippen LogP contribution in [0.1, 0.15) is 6.92 Å². The van der Waals surface area contributed by atoms with Crippen molar-refractivity contribution in [2.45, 2.75) is 13.0 Å². The summed E-state index contributed by atoms with van der Waals surface area (Å²) in [5, 5.41) is 12.4. The van der Waals surface area contributed by atoms with Crippen molar-refractivity contribution in [3.05, 3.63) is 24.3 Å². The SMILES string of the molecule is CC(=O)Nc1ccc(OCC(O)CN(C)CC(N)=O)cc1. The number of nitrogens with two attached hydrogens (primary N) is 1. The molecule has 4 N–H and O–H groups in total. The first-order valence-corrected chi connectivity index (χ1v) is 6.52.